The van der Waals surface area contributed by atoms with Gasteiger partial charge in [0.05, 0.1) is 0 Å². The molecule has 0 atom stereocenters. The highest BCUT2D eigenvalue weighted by atomic mass is 16.6. The Bertz CT molecular complexity index is 1940. The number of hydrogen-bond acceptors (Lipinski definition) is 8. The van der Waals surface area contributed by atoms with Gasteiger partial charge in [-0.15, -0.1) is 0 Å². The molecule has 4 aromatic carbocycles. The molecule has 304 valence electrons. The predicted molar refractivity (Wildman–Crippen MR) is 217 cm³/mol. The summed E-state index contributed by atoms with van der Waals surface area (Å²) in [5, 5.41) is 20.8. The van der Waals surface area contributed by atoms with Gasteiger partial charge in [-0.25, -0.2) is 19.2 Å². The molecule has 13 nitrogen and oxygen atoms in total. The van der Waals surface area contributed by atoms with Gasteiger partial charge >= 0.3 is 24.2 Å². The van der Waals surface area contributed by atoms with E-state index in [-0.39, 0.29) is 63.8 Å². The SMILES string of the molecule is CC(C)(C)OC(=O)NCC(=O)NC(CCCNC(=O)OCC1c2ccccc2-c2ccccc21)(CCCNC(=O)OCC1c2ccccc2-c2ccccc21)C(=O)O. The highest BCUT2D eigenvalue weighted by Gasteiger charge is 2.39. The molecule has 0 spiro atoms. The topological polar surface area (TPSA) is 181 Å². The van der Waals surface area contributed by atoms with Gasteiger partial charge in [0.15, 0.2) is 0 Å². The van der Waals surface area contributed by atoms with Gasteiger partial charge in [-0.05, 0) is 91.0 Å². The van der Waals surface area contributed by atoms with E-state index in [1.165, 1.54) is 0 Å². The number of carboxylic acid groups (broad SMARTS) is 1. The number of hydrogen-bond donors (Lipinski definition) is 5. The molecular formula is C45H50N4O9. The smallest absolute Gasteiger partial charge is 0.408 e. The fourth-order valence-electron chi connectivity index (χ4n) is 7.76. The number of nitrogens with one attached hydrogen (secondary N) is 4. The molecular weight excluding hydrogens is 741 g/mol. The molecule has 4 amide bonds. The minimum absolute atomic E-state index is 0.0652. The highest BCUT2D eigenvalue weighted by molar-refractivity contribution is 5.89. The Kier molecular flexibility index (Phi) is 13.0. The summed E-state index contributed by atoms with van der Waals surface area (Å²) in [6.07, 6.45) is -1.96. The highest BCUT2D eigenvalue weighted by Crippen LogP contribution is 2.45. The van der Waals surface area contributed by atoms with Crippen molar-refractivity contribution in [3.63, 3.8) is 0 Å². The van der Waals surface area contributed by atoms with E-state index < -0.39 is 47.8 Å². The van der Waals surface area contributed by atoms with Crippen molar-refractivity contribution >= 4 is 30.2 Å². The standard InChI is InChI=1S/C45H50N4O9/c1-44(2,3)58-43(55)48-26-39(50)49-45(40(51)52,22-12-24-46-41(53)56-27-37-33-18-8-4-14-29(33)30-15-5-9-19-34(30)37)23-13-25-47-42(54)57-28-38-35-20-10-6-16-31(35)32-17-7-11-21-36(32)38/h4-11,14-21,37-38H,12-13,22-28H2,1-3H3,(H,46,53)(H,47,54)(H,48,55)(H,49,50)(H,51,52). The van der Waals surface area contributed by atoms with Gasteiger partial charge in [0.2, 0.25) is 5.91 Å². The largest absolute Gasteiger partial charge is 0.480 e. The van der Waals surface area contributed by atoms with Gasteiger partial charge in [0, 0.05) is 24.9 Å². The summed E-state index contributed by atoms with van der Waals surface area (Å²) >= 11 is 0. The van der Waals surface area contributed by atoms with E-state index in [0.717, 1.165) is 44.5 Å². The van der Waals surface area contributed by atoms with Crippen LogP contribution in [0.15, 0.2) is 97.1 Å². The molecule has 0 aliphatic heterocycles. The van der Waals surface area contributed by atoms with E-state index >= 15 is 0 Å². The van der Waals surface area contributed by atoms with Crippen LogP contribution in [0.5, 0.6) is 0 Å². The van der Waals surface area contributed by atoms with Crippen LogP contribution in [0.2, 0.25) is 0 Å². The third-order valence-electron chi connectivity index (χ3n) is 10.4. The van der Waals surface area contributed by atoms with Crippen molar-refractivity contribution in [3.05, 3.63) is 119 Å². The fraction of sp³-hybridized carbons (Fsp3) is 0.356. The van der Waals surface area contributed by atoms with Crippen LogP contribution >= 0.6 is 0 Å². The van der Waals surface area contributed by atoms with Gasteiger partial charge in [0.25, 0.3) is 0 Å². The van der Waals surface area contributed by atoms with E-state index in [4.69, 9.17) is 14.2 Å². The second kappa shape index (κ2) is 18.3. The summed E-state index contributed by atoms with van der Waals surface area (Å²) < 4.78 is 16.4. The molecule has 58 heavy (non-hydrogen) atoms. The third-order valence-corrected chi connectivity index (χ3v) is 10.4. The number of amides is 4. The monoisotopic (exact) mass is 790 g/mol. The van der Waals surface area contributed by atoms with E-state index in [1.54, 1.807) is 20.8 Å². The Labute approximate surface area is 337 Å². The number of alkyl carbamates (subject to hydrolysis) is 3. The van der Waals surface area contributed by atoms with Gasteiger partial charge in [0.1, 0.15) is 30.9 Å². The van der Waals surface area contributed by atoms with Crippen LogP contribution in [-0.2, 0) is 23.8 Å². The molecule has 0 heterocycles. The number of carbonyl (C=O) groups excluding carboxylic acids is 4. The summed E-state index contributed by atoms with van der Waals surface area (Å²) in [6.45, 7) is 4.87. The lowest BCUT2D eigenvalue weighted by Gasteiger charge is -2.31. The average Bonchev–Trinajstić information content (AvgIpc) is 3.70. The molecule has 0 unspecified atom stereocenters. The van der Waals surface area contributed by atoms with Crippen molar-refractivity contribution in [2.45, 2.75) is 69.4 Å². The summed E-state index contributed by atoms with van der Waals surface area (Å²) in [6, 6.07) is 32.0. The van der Waals surface area contributed by atoms with Crippen molar-refractivity contribution in [2.24, 2.45) is 0 Å². The Morgan fingerprint density at radius 2 is 0.948 bits per heavy atom. The number of fused-ring (bicyclic) bond motifs is 6. The lowest BCUT2D eigenvalue weighted by atomic mass is 9.87. The number of aliphatic carboxylic acids is 1. The maximum atomic E-state index is 13.1. The Morgan fingerprint density at radius 1 is 0.569 bits per heavy atom. The maximum Gasteiger partial charge on any atom is 0.408 e. The molecule has 0 bridgehead atoms. The van der Waals surface area contributed by atoms with E-state index in [1.807, 2.05) is 97.1 Å². The van der Waals surface area contributed by atoms with Crippen LogP contribution in [0.3, 0.4) is 0 Å². The van der Waals surface area contributed by atoms with E-state index in [0.29, 0.717) is 0 Å². The van der Waals surface area contributed by atoms with Gasteiger partial charge in [-0.2, -0.15) is 0 Å². The van der Waals surface area contributed by atoms with Crippen molar-refractivity contribution < 1.29 is 43.3 Å². The van der Waals surface area contributed by atoms with Crippen LogP contribution in [0.25, 0.3) is 22.3 Å². The van der Waals surface area contributed by atoms with Crippen LogP contribution in [-0.4, -0.2) is 79.3 Å². The second-order valence-corrected chi connectivity index (χ2v) is 15.5. The first-order valence-electron chi connectivity index (χ1n) is 19.5. The molecule has 4 aromatic rings. The molecule has 2 aliphatic carbocycles. The van der Waals surface area contributed by atoms with Crippen LogP contribution in [0, 0.1) is 0 Å². The Hall–Kier alpha value is -6.37. The fourth-order valence-corrected chi connectivity index (χ4v) is 7.76. The molecule has 5 N–H and O–H groups in total. The molecule has 0 saturated carbocycles. The maximum absolute atomic E-state index is 13.1. The van der Waals surface area contributed by atoms with Crippen LogP contribution < -0.4 is 21.3 Å². The Balaban J connectivity index is 1.01. The van der Waals surface area contributed by atoms with Crippen molar-refractivity contribution in [3.8, 4) is 22.3 Å². The first kappa shape index (κ1) is 41.3. The molecule has 0 radical (unpaired) electrons. The number of benzene rings is 4. The Morgan fingerprint density at radius 3 is 1.31 bits per heavy atom. The average molecular weight is 791 g/mol. The predicted octanol–water partition coefficient (Wildman–Crippen LogP) is 7.09. The second-order valence-electron chi connectivity index (χ2n) is 15.5. The van der Waals surface area contributed by atoms with E-state index in [2.05, 4.69) is 21.3 Å². The third kappa shape index (κ3) is 9.95. The summed E-state index contributed by atoms with van der Waals surface area (Å²) in [4.78, 5) is 63.8. The number of carboxylic acids is 1. The zero-order chi connectivity index (χ0) is 41.3. The zero-order valence-corrected chi connectivity index (χ0v) is 33.0. The normalized spacial score (nSPS) is 12.9. The van der Waals surface area contributed by atoms with Crippen molar-refractivity contribution in [2.75, 3.05) is 32.8 Å². The van der Waals surface area contributed by atoms with Gasteiger partial charge < -0.3 is 40.6 Å². The van der Waals surface area contributed by atoms with E-state index in [9.17, 15) is 29.1 Å². The zero-order valence-electron chi connectivity index (χ0n) is 33.0. The number of rotatable bonds is 16. The molecule has 13 heteroatoms. The van der Waals surface area contributed by atoms with Crippen LogP contribution in [0.1, 0.15) is 80.5 Å². The van der Waals surface area contributed by atoms with Gasteiger partial charge in [-0.3, -0.25) is 4.79 Å². The molecule has 0 fully saturated rings. The van der Waals surface area contributed by atoms with Gasteiger partial charge in [-0.1, -0.05) is 97.1 Å². The molecule has 0 aromatic heterocycles. The van der Waals surface area contributed by atoms with Crippen LogP contribution in [0.4, 0.5) is 14.4 Å². The number of ether oxygens (including phenoxy) is 3. The molecule has 0 saturated heterocycles. The first-order chi connectivity index (χ1) is 27.8. The summed E-state index contributed by atoms with van der Waals surface area (Å²) in [5.41, 5.74) is 6.14. The number of carbonyl (C=O) groups is 5. The minimum atomic E-state index is -1.79. The minimum Gasteiger partial charge on any atom is -0.480 e. The summed E-state index contributed by atoms with van der Waals surface area (Å²) in [5.74, 6) is -2.30. The van der Waals surface area contributed by atoms with Crippen molar-refractivity contribution in [1.29, 1.82) is 0 Å². The quantitative estimate of drug-likeness (QED) is 0.0585. The lowest BCUT2D eigenvalue weighted by Crippen LogP contribution is -2.57. The summed E-state index contributed by atoms with van der Waals surface area (Å²) in [7, 11) is 0. The first-order valence-corrected chi connectivity index (χ1v) is 19.5. The molecule has 6 rings (SSSR count). The molecule has 2 aliphatic rings. The van der Waals surface area contributed by atoms with Crippen molar-refractivity contribution in [1.82, 2.24) is 21.3 Å². The lowest BCUT2D eigenvalue weighted by molar-refractivity contribution is -0.148.